The van der Waals surface area contributed by atoms with Gasteiger partial charge in [0.05, 0.1) is 32.6 Å². The van der Waals surface area contributed by atoms with E-state index in [1.54, 1.807) is 20.3 Å². The second-order valence-corrected chi connectivity index (χ2v) is 5.08. The van der Waals surface area contributed by atoms with Crippen LogP contribution in [0.4, 0.5) is 5.69 Å². The van der Waals surface area contributed by atoms with E-state index in [0.29, 0.717) is 18.9 Å². The molecule has 1 fully saturated rings. The van der Waals surface area contributed by atoms with Crippen LogP contribution in [0.3, 0.4) is 0 Å². The number of hydrogen-bond acceptors (Lipinski definition) is 5. The number of hydrogen-bond donors (Lipinski definition) is 2. The summed E-state index contributed by atoms with van der Waals surface area (Å²) in [5.74, 6) is 2.15. The van der Waals surface area contributed by atoms with Gasteiger partial charge in [-0.25, -0.2) is 0 Å². The van der Waals surface area contributed by atoms with Crippen LogP contribution in [-0.2, 0) is 4.74 Å². The van der Waals surface area contributed by atoms with Crippen molar-refractivity contribution in [3.63, 3.8) is 0 Å². The number of aliphatic hydroxyl groups is 1. The van der Waals surface area contributed by atoms with Crippen molar-refractivity contribution in [2.45, 2.75) is 18.9 Å². The van der Waals surface area contributed by atoms with Gasteiger partial charge in [0.25, 0.3) is 0 Å². The normalized spacial score (nSPS) is 15.8. The third-order valence-electron chi connectivity index (χ3n) is 3.30. The molecule has 0 spiro atoms. The lowest BCUT2D eigenvalue weighted by Gasteiger charge is -2.15. The summed E-state index contributed by atoms with van der Waals surface area (Å²) in [5, 5.41) is 13.0. The number of methoxy groups -OCH3 is 2. The van der Waals surface area contributed by atoms with Crippen LogP contribution in [0.1, 0.15) is 12.8 Å². The standard InChI is InChI=1S/C15H23NO4/c1-18-13-5-6-14(15(7-13)19-2)16-8-12(17)10-20-9-11-3-4-11/h5-7,11-12,16-17H,3-4,8-10H2,1-2H3. The molecule has 1 aliphatic rings. The zero-order chi connectivity index (χ0) is 14.4. The van der Waals surface area contributed by atoms with Crippen molar-refractivity contribution in [1.29, 1.82) is 0 Å². The molecular weight excluding hydrogens is 258 g/mol. The van der Waals surface area contributed by atoms with E-state index >= 15 is 0 Å². The molecule has 0 bridgehead atoms. The number of aliphatic hydroxyl groups excluding tert-OH is 1. The van der Waals surface area contributed by atoms with Gasteiger partial charge >= 0.3 is 0 Å². The van der Waals surface area contributed by atoms with E-state index in [-0.39, 0.29) is 0 Å². The van der Waals surface area contributed by atoms with Crippen molar-refractivity contribution in [3.8, 4) is 11.5 Å². The van der Waals surface area contributed by atoms with Gasteiger partial charge in [-0.15, -0.1) is 0 Å². The van der Waals surface area contributed by atoms with E-state index in [4.69, 9.17) is 14.2 Å². The first-order valence-corrected chi connectivity index (χ1v) is 6.94. The lowest BCUT2D eigenvalue weighted by molar-refractivity contribution is 0.0386. The third-order valence-corrected chi connectivity index (χ3v) is 3.30. The molecular formula is C15H23NO4. The fourth-order valence-electron chi connectivity index (χ4n) is 1.89. The Kier molecular flexibility index (Phi) is 5.49. The predicted octanol–water partition coefficient (Wildman–Crippen LogP) is 1.90. The Hall–Kier alpha value is -1.46. The second kappa shape index (κ2) is 7.36. The topological polar surface area (TPSA) is 60.0 Å². The quantitative estimate of drug-likeness (QED) is 0.724. The van der Waals surface area contributed by atoms with Crippen molar-refractivity contribution in [2.75, 3.05) is 39.3 Å². The summed E-state index contributed by atoms with van der Waals surface area (Å²) in [6, 6.07) is 5.52. The van der Waals surface area contributed by atoms with E-state index in [2.05, 4.69) is 5.32 Å². The molecule has 0 saturated heterocycles. The van der Waals surface area contributed by atoms with Crippen LogP contribution in [0.2, 0.25) is 0 Å². The highest BCUT2D eigenvalue weighted by molar-refractivity contribution is 5.59. The van der Waals surface area contributed by atoms with E-state index in [1.165, 1.54) is 12.8 Å². The lowest BCUT2D eigenvalue weighted by Crippen LogP contribution is -2.25. The number of anilines is 1. The molecule has 1 aliphatic carbocycles. The summed E-state index contributed by atoms with van der Waals surface area (Å²) in [4.78, 5) is 0. The summed E-state index contributed by atoms with van der Waals surface area (Å²) in [5.41, 5.74) is 0.828. The van der Waals surface area contributed by atoms with Gasteiger partial charge in [-0.1, -0.05) is 0 Å². The molecule has 0 amide bonds. The van der Waals surface area contributed by atoms with Gasteiger partial charge in [-0.2, -0.15) is 0 Å². The van der Waals surface area contributed by atoms with Crippen molar-refractivity contribution < 1.29 is 19.3 Å². The molecule has 5 heteroatoms. The number of nitrogens with one attached hydrogen (secondary N) is 1. The van der Waals surface area contributed by atoms with E-state index in [9.17, 15) is 5.11 Å². The van der Waals surface area contributed by atoms with Gasteiger partial charge in [0.2, 0.25) is 0 Å². The largest absolute Gasteiger partial charge is 0.497 e. The van der Waals surface area contributed by atoms with Crippen molar-refractivity contribution >= 4 is 5.69 Å². The third kappa shape index (κ3) is 4.58. The maximum absolute atomic E-state index is 9.86. The smallest absolute Gasteiger partial charge is 0.145 e. The summed E-state index contributed by atoms with van der Waals surface area (Å²) in [6.07, 6.45) is 2.00. The Balaban J connectivity index is 1.76. The highest BCUT2D eigenvalue weighted by Gasteiger charge is 2.21. The minimum Gasteiger partial charge on any atom is -0.497 e. The van der Waals surface area contributed by atoms with Crippen molar-refractivity contribution in [2.24, 2.45) is 5.92 Å². The monoisotopic (exact) mass is 281 g/mol. The highest BCUT2D eigenvalue weighted by atomic mass is 16.5. The molecule has 1 aromatic rings. The van der Waals surface area contributed by atoms with Crippen LogP contribution in [0, 0.1) is 5.92 Å². The number of rotatable bonds is 9. The molecule has 0 heterocycles. The Morgan fingerprint density at radius 1 is 1.30 bits per heavy atom. The first-order valence-electron chi connectivity index (χ1n) is 6.94. The molecule has 0 aromatic heterocycles. The molecule has 0 radical (unpaired) electrons. The Morgan fingerprint density at radius 2 is 2.10 bits per heavy atom. The zero-order valence-corrected chi connectivity index (χ0v) is 12.1. The SMILES string of the molecule is COc1ccc(NCC(O)COCC2CC2)c(OC)c1. The average molecular weight is 281 g/mol. The first kappa shape index (κ1) is 14.9. The van der Waals surface area contributed by atoms with Crippen LogP contribution < -0.4 is 14.8 Å². The van der Waals surface area contributed by atoms with E-state index in [1.807, 2.05) is 12.1 Å². The van der Waals surface area contributed by atoms with Gasteiger partial charge in [0.1, 0.15) is 11.5 Å². The fraction of sp³-hybridized carbons (Fsp3) is 0.600. The van der Waals surface area contributed by atoms with Gasteiger partial charge in [-0.3, -0.25) is 0 Å². The van der Waals surface area contributed by atoms with E-state index < -0.39 is 6.10 Å². The van der Waals surface area contributed by atoms with Crippen LogP contribution >= 0.6 is 0 Å². The number of ether oxygens (including phenoxy) is 3. The van der Waals surface area contributed by atoms with E-state index in [0.717, 1.165) is 24.0 Å². The number of benzene rings is 1. The minimum atomic E-state index is -0.527. The Morgan fingerprint density at radius 3 is 2.75 bits per heavy atom. The maximum atomic E-state index is 9.86. The summed E-state index contributed by atoms with van der Waals surface area (Å²) in [6.45, 7) is 1.55. The summed E-state index contributed by atoms with van der Waals surface area (Å²) in [7, 11) is 3.22. The highest BCUT2D eigenvalue weighted by Crippen LogP contribution is 2.29. The average Bonchev–Trinajstić information content (AvgIpc) is 3.29. The molecule has 112 valence electrons. The summed E-state index contributed by atoms with van der Waals surface area (Å²) < 4.78 is 15.9. The molecule has 5 nitrogen and oxygen atoms in total. The zero-order valence-electron chi connectivity index (χ0n) is 12.1. The Labute approximate surface area is 119 Å². The van der Waals surface area contributed by atoms with Gasteiger partial charge in [-0.05, 0) is 30.9 Å². The molecule has 0 aliphatic heterocycles. The molecule has 1 saturated carbocycles. The van der Waals surface area contributed by atoms with Gasteiger partial charge < -0.3 is 24.6 Å². The van der Waals surface area contributed by atoms with Gasteiger partial charge in [0, 0.05) is 19.2 Å². The lowest BCUT2D eigenvalue weighted by atomic mass is 10.2. The minimum absolute atomic E-state index is 0.363. The Bertz CT molecular complexity index is 420. The second-order valence-electron chi connectivity index (χ2n) is 5.08. The van der Waals surface area contributed by atoms with Crippen molar-refractivity contribution in [3.05, 3.63) is 18.2 Å². The fourth-order valence-corrected chi connectivity index (χ4v) is 1.89. The molecule has 2 rings (SSSR count). The van der Waals surface area contributed by atoms with Crippen molar-refractivity contribution in [1.82, 2.24) is 0 Å². The molecule has 1 unspecified atom stereocenters. The van der Waals surface area contributed by atoms with Crippen LogP contribution in [0.5, 0.6) is 11.5 Å². The van der Waals surface area contributed by atoms with Crippen LogP contribution in [-0.4, -0.2) is 45.2 Å². The molecule has 20 heavy (non-hydrogen) atoms. The van der Waals surface area contributed by atoms with Gasteiger partial charge in [0.15, 0.2) is 0 Å². The molecule has 2 N–H and O–H groups in total. The first-order chi connectivity index (χ1) is 9.72. The summed E-state index contributed by atoms with van der Waals surface area (Å²) >= 11 is 0. The maximum Gasteiger partial charge on any atom is 0.145 e. The predicted molar refractivity (Wildman–Crippen MR) is 77.6 cm³/mol. The van der Waals surface area contributed by atoms with Crippen LogP contribution in [0.25, 0.3) is 0 Å². The molecule has 1 aromatic carbocycles. The van der Waals surface area contributed by atoms with Crippen LogP contribution in [0.15, 0.2) is 18.2 Å². The molecule has 1 atom stereocenters.